The lowest BCUT2D eigenvalue weighted by molar-refractivity contribution is 0.0755. The number of carbonyl (C=O) groups is 2. The van der Waals surface area contributed by atoms with Crippen molar-refractivity contribution >= 4 is 24.2 Å². The van der Waals surface area contributed by atoms with Crippen LogP contribution >= 0.6 is 12.4 Å². The summed E-state index contributed by atoms with van der Waals surface area (Å²) < 4.78 is 0. The molecule has 1 aliphatic heterocycles. The van der Waals surface area contributed by atoms with Crippen LogP contribution in [0, 0.1) is 0 Å². The zero-order valence-corrected chi connectivity index (χ0v) is 16.9. The Bertz CT molecular complexity index is 588. The van der Waals surface area contributed by atoms with Crippen molar-refractivity contribution < 1.29 is 9.59 Å². The van der Waals surface area contributed by atoms with E-state index < -0.39 is 0 Å². The standard InChI is InChI=1S/C20H31N3O2.ClH/c1-4-12-23(13-5-2)20(25)17-9-6-8-16(14-17)19(24)22-18-10-7-11-21-15(18)3;/h6,8-9,14-15,18,21H,4-5,7,10-13H2,1-3H3,(H,22,24);1H. The van der Waals surface area contributed by atoms with Crippen LogP contribution in [-0.4, -0.2) is 48.4 Å². The summed E-state index contributed by atoms with van der Waals surface area (Å²) in [6.07, 6.45) is 3.91. The van der Waals surface area contributed by atoms with Gasteiger partial charge in [-0.15, -0.1) is 12.4 Å². The number of piperidine rings is 1. The van der Waals surface area contributed by atoms with Crippen molar-refractivity contribution in [3.63, 3.8) is 0 Å². The monoisotopic (exact) mass is 381 g/mol. The largest absolute Gasteiger partial charge is 0.348 e. The molecule has 146 valence electrons. The van der Waals surface area contributed by atoms with Gasteiger partial charge in [0.05, 0.1) is 0 Å². The zero-order valence-electron chi connectivity index (χ0n) is 16.1. The lowest BCUT2D eigenvalue weighted by Gasteiger charge is -2.30. The van der Waals surface area contributed by atoms with E-state index in [2.05, 4.69) is 31.4 Å². The number of halogens is 1. The predicted octanol–water partition coefficient (Wildman–Crippen LogP) is 3.24. The molecule has 2 rings (SSSR count). The molecule has 2 N–H and O–H groups in total. The highest BCUT2D eigenvalue weighted by atomic mass is 35.5. The van der Waals surface area contributed by atoms with Crippen LogP contribution in [0.25, 0.3) is 0 Å². The van der Waals surface area contributed by atoms with E-state index in [1.165, 1.54) is 0 Å². The molecule has 1 aliphatic rings. The van der Waals surface area contributed by atoms with E-state index in [4.69, 9.17) is 0 Å². The smallest absolute Gasteiger partial charge is 0.253 e. The average Bonchev–Trinajstić information content (AvgIpc) is 2.63. The van der Waals surface area contributed by atoms with E-state index in [0.717, 1.165) is 45.3 Å². The number of hydrogen-bond donors (Lipinski definition) is 2. The fourth-order valence-corrected chi connectivity index (χ4v) is 3.32. The number of hydrogen-bond acceptors (Lipinski definition) is 3. The first-order chi connectivity index (χ1) is 12.1. The van der Waals surface area contributed by atoms with Gasteiger partial charge >= 0.3 is 0 Å². The maximum atomic E-state index is 12.7. The highest BCUT2D eigenvalue weighted by Crippen LogP contribution is 2.13. The maximum absolute atomic E-state index is 12.7. The summed E-state index contributed by atoms with van der Waals surface area (Å²) >= 11 is 0. The summed E-state index contributed by atoms with van der Waals surface area (Å²) in [5.41, 5.74) is 1.14. The Morgan fingerprint density at radius 2 is 1.85 bits per heavy atom. The van der Waals surface area contributed by atoms with Gasteiger partial charge in [0.25, 0.3) is 11.8 Å². The van der Waals surface area contributed by atoms with Gasteiger partial charge in [0.1, 0.15) is 0 Å². The van der Waals surface area contributed by atoms with Gasteiger partial charge in [0, 0.05) is 36.3 Å². The third-order valence-corrected chi connectivity index (χ3v) is 4.72. The normalized spacial score (nSPS) is 19.3. The number of carbonyl (C=O) groups excluding carboxylic acids is 2. The highest BCUT2D eigenvalue weighted by Gasteiger charge is 2.23. The molecule has 0 saturated carbocycles. The molecule has 2 atom stereocenters. The third kappa shape index (κ3) is 5.99. The van der Waals surface area contributed by atoms with Crippen molar-refractivity contribution in [3.8, 4) is 0 Å². The van der Waals surface area contributed by atoms with E-state index in [-0.39, 0.29) is 36.3 Å². The molecule has 5 nitrogen and oxygen atoms in total. The summed E-state index contributed by atoms with van der Waals surface area (Å²) in [6, 6.07) is 7.49. The molecule has 1 aromatic carbocycles. The molecule has 1 saturated heterocycles. The Morgan fingerprint density at radius 1 is 1.19 bits per heavy atom. The molecule has 0 bridgehead atoms. The molecule has 0 radical (unpaired) electrons. The fourth-order valence-electron chi connectivity index (χ4n) is 3.32. The lowest BCUT2D eigenvalue weighted by atomic mass is 9.99. The molecule has 0 aliphatic carbocycles. The SMILES string of the molecule is CCCN(CCC)C(=O)c1cccc(C(=O)NC2CCCNC2C)c1.Cl. The summed E-state index contributed by atoms with van der Waals surface area (Å²) in [7, 11) is 0. The van der Waals surface area contributed by atoms with Crippen LogP contribution in [0.5, 0.6) is 0 Å². The summed E-state index contributed by atoms with van der Waals surface area (Å²) in [4.78, 5) is 27.2. The van der Waals surface area contributed by atoms with E-state index >= 15 is 0 Å². The van der Waals surface area contributed by atoms with Crippen molar-refractivity contribution in [3.05, 3.63) is 35.4 Å². The van der Waals surface area contributed by atoms with Crippen LogP contribution < -0.4 is 10.6 Å². The van der Waals surface area contributed by atoms with Gasteiger partial charge in [-0.1, -0.05) is 19.9 Å². The summed E-state index contributed by atoms with van der Waals surface area (Å²) in [6.45, 7) is 8.72. The molecule has 1 fully saturated rings. The predicted molar refractivity (Wildman–Crippen MR) is 108 cm³/mol. The minimum absolute atomic E-state index is 0. The van der Waals surface area contributed by atoms with Gasteiger partial charge < -0.3 is 15.5 Å². The number of benzene rings is 1. The highest BCUT2D eigenvalue weighted by molar-refractivity contribution is 5.99. The molecule has 0 spiro atoms. The molecule has 1 heterocycles. The first kappa shape index (κ1) is 22.5. The van der Waals surface area contributed by atoms with E-state index in [9.17, 15) is 9.59 Å². The molecule has 2 unspecified atom stereocenters. The van der Waals surface area contributed by atoms with Gasteiger partial charge in [-0.25, -0.2) is 0 Å². The van der Waals surface area contributed by atoms with Crippen LogP contribution in [0.3, 0.4) is 0 Å². The van der Waals surface area contributed by atoms with Crippen LogP contribution in [0.15, 0.2) is 24.3 Å². The molecule has 26 heavy (non-hydrogen) atoms. The van der Waals surface area contributed by atoms with Crippen LogP contribution in [0.1, 0.15) is 67.2 Å². The van der Waals surface area contributed by atoms with Crippen LogP contribution in [0.4, 0.5) is 0 Å². The van der Waals surface area contributed by atoms with Crippen LogP contribution in [-0.2, 0) is 0 Å². The van der Waals surface area contributed by atoms with E-state index in [1.54, 1.807) is 24.3 Å². The quantitative estimate of drug-likeness (QED) is 0.762. The van der Waals surface area contributed by atoms with Crippen molar-refractivity contribution in [2.24, 2.45) is 0 Å². The Morgan fingerprint density at radius 3 is 2.46 bits per heavy atom. The fraction of sp³-hybridized carbons (Fsp3) is 0.600. The number of rotatable bonds is 7. The molecular formula is C20H32ClN3O2. The first-order valence-corrected chi connectivity index (χ1v) is 9.50. The summed E-state index contributed by atoms with van der Waals surface area (Å²) in [5.74, 6) is -0.0983. The Balaban J connectivity index is 0.00000338. The molecular weight excluding hydrogens is 350 g/mol. The molecule has 1 aromatic rings. The van der Waals surface area contributed by atoms with E-state index in [1.807, 2.05) is 4.90 Å². The second-order valence-electron chi connectivity index (χ2n) is 6.84. The Hall–Kier alpha value is -1.59. The van der Waals surface area contributed by atoms with Gasteiger partial charge in [-0.2, -0.15) is 0 Å². The Labute approximate surface area is 163 Å². The van der Waals surface area contributed by atoms with Crippen molar-refractivity contribution in [2.75, 3.05) is 19.6 Å². The third-order valence-electron chi connectivity index (χ3n) is 4.72. The van der Waals surface area contributed by atoms with Crippen molar-refractivity contribution in [1.82, 2.24) is 15.5 Å². The zero-order chi connectivity index (χ0) is 18.2. The number of nitrogens with zero attached hydrogens (tertiary/aromatic N) is 1. The second-order valence-corrected chi connectivity index (χ2v) is 6.84. The van der Waals surface area contributed by atoms with Crippen molar-refractivity contribution in [2.45, 2.75) is 58.5 Å². The van der Waals surface area contributed by atoms with Gasteiger partial charge in [0.2, 0.25) is 0 Å². The maximum Gasteiger partial charge on any atom is 0.253 e. The Kier molecular flexibility index (Phi) is 9.66. The van der Waals surface area contributed by atoms with Gasteiger partial charge in [-0.3, -0.25) is 9.59 Å². The topological polar surface area (TPSA) is 61.4 Å². The summed E-state index contributed by atoms with van der Waals surface area (Å²) in [5, 5.41) is 6.49. The average molecular weight is 382 g/mol. The number of nitrogens with one attached hydrogen (secondary N) is 2. The molecule has 2 amide bonds. The van der Waals surface area contributed by atoms with Gasteiger partial charge in [-0.05, 0) is 57.4 Å². The minimum Gasteiger partial charge on any atom is -0.348 e. The second kappa shape index (κ2) is 11.2. The first-order valence-electron chi connectivity index (χ1n) is 9.50. The molecule has 6 heteroatoms. The lowest BCUT2D eigenvalue weighted by Crippen LogP contribution is -2.51. The molecule has 0 aromatic heterocycles. The van der Waals surface area contributed by atoms with Gasteiger partial charge in [0.15, 0.2) is 0 Å². The van der Waals surface area contributed by atoms with E-state index in [0.29, 0.717) is 11.1 Å². The number of amides is 2. The van der Waals surface area contributed by atoms with Crippen LogP contribution in [0.2, 0.25) is 0 Å². The van der Waals surface area contributed by atoms with Crippen molar-refractivity contribution in [1.29, 1.82) is 0 Å². The minimum atomic E-state index is -0.104.